The topological polar surface area (TPSA) is 15.3 Å². The van der Waals surface area contributed by atoms with Crippen LogP contribution in [0, 0.1) is 5.92 Å². The number of nitrogens with zero attached hydrogens (tertiary/aromatic N) is 1. The summed E-state index contributed by atoms with van der Waals surface area (Å²) in [5, 5.41) is 3.65. The highest BCUT2D eigenvalue weighted by Crippen LogP contribution is 2.16. The second-order valence-corrected chi connectivity index (χ2v) is 5.36. The van der Waals surface area contributed by atoms with Crippen molar-refractivity contribution in [1.82, 2.24) is 10.2 Å². The molecule has 0 spiro atoms. The van der Waals surface area contributed by atoms with E-state index in [-0.39, 0.29) is 0 Å². The third-order valence-electron chi connectivity index (χ3n) is 4.36. The molecule has 0 aliphatic carbocycles. The molecular formula is C14H30N2. The third-order valence-corrected chi connectivity index (χ3v) is 4.36. The first-order valence-electron chi connectivity index (χ1n) is 7.16. The average molecular weight is 226 g/mol. The van der Waals surface area contributed by atoms with Crippen molar-refractivity contribution in [2.45, 2.75) is 65.5 Å². The summed E-state index contributed by atoms with van der Waals surface area (Å²) in [5.74, 6) is 0.826. The molecule has 1 fully saturated rings. The Hall–Kier alpha value is -0.0800. The Kier molecular flexibility index (Phi) is 6.37. The van der Waals surface area contributed by atoms with E-state index < -0.39 is 0 Å². The van der Waals surface area contributed by atoms with Crippen LogP contribution in [0.5, 0.6) is 0 Å². The minimum atomic E-state index is 0.743. The summed E-state index contributed by atoms with van der Waals surface area (Å²) in [4.78, 5) is 2.71. The van der Waals surface area contributed by atoms with Crippen molar-refractivity contribution in [3.63, 3.8) is 0 Å². The molecule has 0 aromatic heterocycles. The fourth-order valence-electron chi connectivity index (χ4n) is 2.58. The van der Waals surface area contributed by atoms with Gasteiger partial charge in [0.05, 0.1) is 0 Å². The molecule has 2 nitrogen and oxygen atoms in total. The van der Waals surface area contributed by atoms with Gasteiger partial charge in [0.1, 0.15) is 0 Å². The Morgan fingerprint density at radius 1 is 1.25 bits per heavy atom. The minimum absolute atomic E-state index is 0.743. The van der Waals surface area contributed by atoms with Crippen molar-refractivity contribution in [2.75, 3.05) is 19.6 Å². The first-order valence-corrected chi connectivity index (χ1v) is 7.16. The second kappa shape index (κ2) is 7.29. The molecule has 3 atom stereocenters. The van der Waals surface area contributed by atoms with Crippen LogP contribution in [-0.4, -0.2) is 36.6 Å². The SMILES string of the molecule is CCC1CCN(C(C)C(C)CC)CCCN1. The fraction of sp³-hybridized carbons (Fsp3) is 1.00. The van der Waals surface area contributed by atoms with E-state index in [1.54, 1.807) is 0 Å². The zero-order chi connectivity index (χ0) is 12.0. The van der Waals surface area contributed by atoms with E-state index in [9.17, 15) is 0 Å². The molecule has 2 heteroatoms. The van der Waals surface area contributed by atoms with Gasteiger partial charge in [0.25, 0.3) is 0 Å². The van der Waals surface area contributed by atoms with E-state index in [1.807, 2.05) is 0 Å². The zero-order valence-electron chi connectivity index (χ0n) is 11.6. The summed E-state index contributed by atoms with van der Waals surface area (Å²) in [6.45, 7) is 13.1. The molecule has 1 saturated heterocycles. The van der Waals surface area contributed by atoms with Gasteiger partial charge in [-0.05, 0) is 51.7 Å². The van der Waals surface area contributed by atoms with Gasteiger partial charge in [-0.1, -0.05) is 27.2 Å². The van der Waals surface area contributed by atoms with Gasteiger partial charge in [0, 0.05) is 12.1 Å². The highest BCUT2D eigenvalue weighted by atomic mass is 15.2. The first kappa shape index (κ1) is 14.0. The van der Waals surface area contributed by atoms with Crippen LogP contribution < -0.4 is 5.32 Å². The van der Waals surface area contributed by atoms with Crippen molar-refractivity contribution >= 4 is 0 Å². The van der Waals surface area contributed by atoms with Gasteiger partial charge in [-0.3, -0.25) is 0 Å². The van der Waals surface area contributed by atoms with Gasteiger partial charge in [0.2, 0.25) is 0 Å². The molecule has 1 N–H and O–H groups in total. The maximum Gasteiger partial charge on any atom is 0.00924 e. The van der Waals surface area contributed by atoms with Gasteiger partial charge in [-0.15, -0.1) is 0 Å². The molecule has 16 heavy (non-hydrogen) atoms. The van der Waals surface area contributed by atoms with E-state index >= 15 is 0 Å². The summed E-state index contributed by atoms with van der Waals surface area (Å²) in [7, 11) is 0. The molecule has 3 unspecified atom stereocenters. The van der Waals surface area contributed by atoms with Crippen LogP contribution in [0.4, 0.5) is 0 Å². The standard InChI is InChI=1S/C14H30N2/c1-5-12(3)13(4)16-10-7-9-15-14(6-2)8-11-16/h12-15H,5-11H2,1-4H3. The molecule has 1 heterocycles. The average Bonchev–Trinajstić information content (AvgIpc) is 2.27. The Balaban J connectivity index is 2.45. The van der Waals surface area contributed by atoms with E-state index in [1.165, 1.54) is 45.3 Å². The quantitative estimate of drug-likeness (QED) is 0.793. The molecule has 0 bridgehead atoms. The Morgan fingerprint density at radius 3 is 2.62 bits per heavy atom. The lowest BCUT2D eigenvalue weighted by Gasteiger charge is -2.36. The van der Waals surface area contributed by atoms with Gasteiger partial charge in [-0.25, -0.2) is 0 Å². The van der Waals surface area contributed by atoms with Crippen molar-refractivity contribution in [3.05, 3.63) is 0 Å². The maximum atomic E-state index is 3.65. The zero-order valence-corrected chi connectivity index (χ0v) is 11.6. The van der Waals surface area contributed by atoms with Crippen LogP contribution in [0.2, 0.25) is 0 Å². The van der Waals surface area contributed by atoms with E-state index in [2.05, 4.69) is 37.9 Å². The van der Waals surface area contributed by atoms with E-state index in [0.717, 1.165) is 18.0 Å². The predicted molar refractivity (Wildman–Crippen MR) is 71.8 cm³/mol. The molecule has 0 amide bonds. The molecule has 0 saturated carbocycles. The molecule has 0 radical (unpaired) electrons. The second-order valence-electron chi connectivity index (χ2n) is 5.36. The molecule has 0 aromatic rings. The summed E-state index contributed by atoms with van der Waals surface area (Å²) >= 11 is 0. The summed E-state index contributed by atoms with van der Waals surface area (Å²) in [5.41, 5.74) is 0. The van der Waals surface area contributed by atoms with Crippen molar-refractivity contribution in [1.29, 1.82) is 0 Å². The molecule has 1 rings (SSSR count). The Morgan fingerprint density at radius 2 is 2.00 bits per heavy atom. The van der Waals surface area contributed by atoms with Crippen LogP contribution in [0.1, 0.15) is 53.4 Å². The van der Waals surface area contributed by atoms with Crippen molar-refractivity contribution in [2.24, 2.45) is 5.92 Å². The van der Waals surface area contributed by atoms with Crippen LogP contribution in [0.15, 0.2) is 0 Å². The molecule has 96 valence electrons. The number of nitrogens with one attached hydrogen (secondary N) is 1. The molecule has 1 aliphatic heterocycles. The van der Waals surface area contributed by atoms with Crippen molar-refractivity contribution < 1.29 is 0 Å². The third kappa shape index (κ3) is 4.06. The maximum absolute atomic E-state index is 3.65. The lowest BCUT2D eigenvalue weighted by atomic mass is 9.98. The van der Waals surface area contributed by atoms with Crippen LogP contribution in [0.3, 0.4) is 0 Å². The number of rotatable bonds is 4. The molecule has 0 aromatic carbocycles. The van der Waals surface area contributed by atoms with E-state index in [0.29, 0.717) is 0 Å². The van der Waals surface area contributed by atoms with Gasteiger partial charge >= 0.3 is 0 Å². The minimum Gasteiger partial charge on any atom is -0.314 e. The number of hydrogen-bond donors (Lipinski definition) is 1. The fourth-order valence-corrected chi connectivity index (χ4v) is 2.58. The molecular weight excluding hydrogens is 196 g/mol. The highest BCUT2D eigenvalue weighted by Gasteiger charge is 2.21. The predicted octanol–water partition coefficient (Wildman–Crippen LogP) is 2.89. The van der Waals surface area contributed by atoms with Crippen molar-refractivity contribution in [3.8, 4) is 0 Å². The van der Waals surface area contributed by atoms with Crippen LogP contribution in [0.25, 0.3) is 0 Å². The summed E-state index contributed by atoms with van der Waals surface area (Å²) in [6.07, 6.45) is 5.19. The lowest BCUT2D eigenvalue weighted by Crippen LogP contribution is -2.44. The first-order chi connectivity index (χ1) is 7.69. The van der Waals surface area contributed by atoms with Gasteiger partial charge in [0.15, 0.2) is 0 Å². The molecule has 1 aliphatic rings. The Bertz CT molecular complexity index is 180. The Labute approximate surface area is 102 Å². The van der Waals surface area contributed by atoms with Crippen LogP contribution >= 0.6 is 0 Å². The van der Waals surface area contributed by atoms with Crippen LogP contribution in [-0.2, 0) is 0 Å². The highest BCUT2D eigenvalue weighted by molar-refractivity contribution is 4.77. The normalized spacial score (nSPS) is 28.1. The van der Waals surface area contributed by atoms with Gasteiger partial charge < -0.3 is 10.2 Å². The largest absolute Gasteiger partial charge is 0.314 e. The summed E-state index contributed by atoms with van der Waals surface area (Å²) < 4.78 is 0. The monoisotopic (exact) mass is 226 g/mol. The van der Waals surface area contributed by atoms with E-state index in [4.69, 9.17) is 0 Å². The van der Waals surface area contributed by atoms with Gasteiger partial charge in [-0.2, -0.15) is 0 Å². The smallest absolute Gasteiger partial charge is 0.00924 e. The number of hydrogen-bond acceptors (Lipinski definition) is 2. The lowest BCUT2D eigenvalue weighted by molar-refractivity contribution is 0.139. The summed E-state index contributed by atoms with van der Waals surface area (Å²) in [6, 6.07) is 1.49.